The van der Waals surface area contributed by atoms with E-state index in [1.165, 1.54) is 11.6 Å². The van der Waals surface area contributed by atoms with E-state index in [2.05, 4.69) is 23.2 Å². The highest BCUT2D eigenvalue weighted by Gasteiger charge is 2.21. The third kappa shape index (κ3) is 7.55. The van der Waals surface area contributed by atoms with Crippen LogP contribution in [0.1, 0.15) is 30.5 Å². The van der Waals surface area contributed by atoms with Crippen LogP contribution in [0, 0.1) is 24.1 Å². The van der Waals surface area contributed by atoms with Crippen molar-refractivity contribution in [3.05, 3.63) is 58.9 Å². The fraction of sp³-hybridized carbons (Fsp3) is 0.350. The molecular formula is C20H24FNO5S. The van der Waals surface area contributed by atoms with Gasteiger partial charge >= 0.3 is 0 Å². The Morgan fingerprint density at radius 3 is 2.14 bits per heavy atom. The molecule has 0 aliphatic carbocycles. The Kier molecular flexibility index (Phi) is 9.42. The second-order valence-electron chi connectivity index (χ2n) is 5.65. The summed E-state index contributed by atoms with van der Waals surface area (Å²) in [6.07, 6.45) is 0.868. The maximum atomic E-state index is 14.3. The molecule has 2 rings (SSSR count). The lowest BCUT2D eigenvalue weighted by Gasteiger charge is -2.15. The van der Waals surface area contributed by atoms with E-state index in [1.54, 1.807) is 19.9 Å². The third-order valence-corrected chi connectivity index (χ3v) is 3.88. The predicted octanol–water partition coefficient (Wildman–Crippen LogP) is 3.97. The third-order valence-electron chi connectivity index (χ3n) is 3.34. The first kappa shape index (κ1) is 23.4. The number of hydrogen-bond acceptors (Lipinski definition) is 6. The zero-order chi connectivity index (χ0) is 21.2. The standard InChI is InChI=1S/C13H16FNO5S.C7H8/c1-4-18-11-6-9(8-20-21(3,16)17)10(7-15)12(14)13(11)19-5-2;1-7-5-3-2-4-6-7/h6H,4-5,8H2,1-3H3;2-6H,1H3. The molecule has 28 heavy (non-hydrogen) atoms. The number of aryl methyl sites for hydroxylation is 1. The Morgan fingerprint density at radius 1 is 1.11 bits per heavy atom. The van der Waals surface area contributed by atoms with Crippen molar-refractivity contribution in [3.8, 4) is 17.6 Å². The molecule has 0 heterocycles. The van der Waals surface area contributed by atoms with Gasteiger partial charge in [-0.15, -0.1) is 0 Å². The molecule has 0 saturated carbocycles. The van der Waals surface area contributed by atoms with Gasteiger partial charge in [-0.3, -0.25) is 4.18 Å². The minimum atomic E-state index is -3.71. The molecule has 0 N–H and O–H groups in total. The zero-order valence-corrected chi connectivity index (χ0v) is 17.2. The SMILES string of the molecule is CCOc1cc(COS(C)(=O)=O)c(C#N)c(F)c1OCC.Cc1ccccc1. The van der Waals surface area contributed by atoms with Crippen LogP contribution in [0.2, 0.25) is 0 Å². The van der Waals surface area contributed by atoms with Crippen molar-refractivity contribution in [1.82, 2.24) is 0 Å². The predicted molar refractivity (Wildman–Crippen MR) is 104 cm³/mol. The van der Waals surface area contributed by atoms with Crippen LogP contribution in [-0.2, 0) is 20.9 Å². The highest BCUT2D eigenvalue weighted by Crippen LogP contribution is 2.35. The van der Waals surface area contributed by atoms with E-state index in [1.807, 2.05) is 18.2 Å². The molecule has 0 spiro atoms. The quantitative estimate of drug-likeness (QED) is 0.644. The monoisotopic (exact) mass is 409 g/mol. The van der Waals surface area contributed by atoms with Crippen LogP contribution in [0.15, 0.2) is 36.4 Å². The number of halogens is 1. The summed E-state index contributed by atoms with van der Waals surface area (Å²) in [5.41, 5.74) is 1.07. The molecule has 0 saturated heterocycles. The summed E-state index contributed by atoms with van der Waals surface area (Å²) in [6, 6.07) is 13.3. The molecule has 0 bridgehead atoms. The van der Waals surface area contributed by atoms with Crippen LogP contribution in [0.3, 0.4) is 0 Å². The number of nitrogens with zero attached hydrogens (tertiary/aromatic N) is 1. The Labute approximate surface area is 165 Å². The van der Waals surface area contributed by atoms with E-state index in [9.17, 15) is 12.8 Å². The molecule has 0 unspecified atom stereocenters. The van der Waals surface area contributed by atoms with Crippen molar-refractivity contribution in [2.24, 2.45) is 0 Å². The Balaban J connectivity index is 0.000000467. The first-order chi connectivity index (χ1) is 13.2. The number of hydrogen-bond donors (Lipinski definition) is 0. The lowest BCUT2D eigenvalue weighted by molar-refractivity contribution is 0.271. The van der Waals surface area contributed by atoms with Gasteiger partial charge in [0.15, 0.2) is 17.3 Å². The fourth-order valence-corrected chi connectivity index (χ4v) is 2.48. The minimum absolute atomic E-state index is 0.0762. The number of nitriles is 1. The van der Waals surface area contributed by atoms with Crippen LogP contribution in [0.25, 0.3) is 0 Å². The summed E-state index contributed by atoms with van der Waals surface area (Å²) in [7, 11) is -3.71. The number of rotatable bonds is 7. The normalized spacial score (nSPS) is 10.4. The van der Waals surface area contributed by atoms with Crippen LogP contribution in [-0.4, -0.2) is 27.9 Å². The molecule has 0 aromatic heterocycles. The van der Waals surface area contributed by atoms with Gasteiger partial charge in [0, 0.05) is 5.56 Å². The Hall–Kier alpha value is -2.63. The van der Waals surface area contributed by atoms with E-state index < -0.39 is 22.5 Å². The topological polar surface area (TPSA) is 85.6 Å². The molecule has 0 amide bonds. The van der Waals surface area contributed by atoms with Crippen molar-refractivity contribution in [2.75, 3.05) is 19.5 Å². The largest absolute Gasteiger partial charge is 0.490 e. The Bertz CT molecular complexity index is 908. The molecule has 152 valence electrons. The molecule has 2 aromatic carbocycles. The van der Waals surface area contributed by atoms with Gasteiger partial charge in [0.25, 0.3) is 10.1 Å². The summed E-state index contributed by atoms with van der Waals surface area (Å²) < 4.78 is 51.3. The van der Waals surface area contributed by atoms with Crippen LogP contribution < -0.4 is 9.47 Å². The van der Waals surface area contributed by atoms with Gasteiger partial charge in [-0.1, -0.05) is 35.9 Å². The second-order valence-corrected chi connectivity index (χ2v) is 7.29. The molecule has 0 atom stereocenters. The maximum Gasteiger partial charge on any atom is 0.264 e. The molecule has 0 aliphatic heterocycles. The van der Waals surface area contributed by atoms with Crippen LogP contribution >= 0.6 is 0 Å². The minimum Gasteiger partial charge on any atom is -0.490 e. The molecular weight excluding hydrogens is 385 g/mol. The van der Waals surface area contributed by atoms with Crippen molar-refractivity contribution < 1.29 is 26.5 Å². The second kappa shape index (κ2) is 11.3. The zero-order valence-electron chi connectivity index (χ0n) is 16.4. The highest BCUT2D eigenvalue weighted by atomic mass is 32.2. The average Bonchev–Trinajstić information content (AvgIpc) is 2.64. The first-order valence-electron chi connectivity index (χ1n) is 8.60. The van der Waals surface area contributed by atoms with Crippen molar-refractivity contribution >= 4 is 10.1 Å². The first-order valence-corrected chi connectivity index (χ1v) is 10.4. The van der Waals surface area contributed by atoms with E-state index in [4.69, 9.17) is 14.7 Å². The van der Waals surface area contributed by atoms with Crippen molar-refractivity contribution in [3.63, 3.8) is 0 Å². The van der Waals surface area contributed by atoms with Gasteiger partial charge < -0.3 is 9.47 Å². The summed E-state index contributed by atoms with van der Waals surface area (Å²) in [5, 5.41) is 9.05. The summed E-state index contributed by atoms with van der Waals surface area (Å²) in [5.74, 6) is -0.959. The number of ether oxygens (including phenoxy) is 2. The van der Waals surface area contributed by atoms with Crippen LogP contribution in [0.4, 0.5) is 4.39 Å². The molecule has 0 radical (unpaired) electrons. The molecule has 0 aliphatic rings. The molecule has 2 aromatic rings. The fourth-order valence-electron chi connectivity index (χ4n) is 2.14. The van der Waals surface area contributed by atoms with Gasteiger partial charge in [-0.2, -0.15) is 13.7 Å². The van der Waals surface area contributed by atoms with E-state index in [0.29, 0.717) is 0 Å². The maximum absolute atomic E-state index is 14.3. The highest BCUT2D eigenvalue weighted by molar-refractivity contribution is 7.85. The van der Waals surface area contributed by atoms with E-state index in [-0.39, 0.29) is 35.8 Å². The van der Waals surface area contributed by atoms with Gasteiger partial charge in [0.2, 0.25) is 0 Å². The summed E-state index contributed by atoms with van der Waals surface area (Å²) in [6.45, 7) is 5.46. The summed E-state index contributed by atoms with van der Waals surface area (Å²) in [4.78, 5) is 0. The number of benzene rings is 2. The average molecular weight is 409 g/mol. The van der Waals surface area contributed by atoms with Gasteiger partial charge in [-0.05, 0) is 26.8 Å². The lowest BCUT2D eigenvalue weighted by Crippen LogP contribution is -2.08. The van der Waals surface area contributed by atoms with Crippen molar-refractivity contribution in [1.29, 1.82) is 5.26 Å². The van der Waals surface area contributed by atoms with E-state index in [0.717, 1.165) is 6.26 Å². The molecule has 6 nitrogen and oxygen atoms in total. The molecule has 8 heteroatoms. The van der Waals surface area contributed by atoms with Gasteiger partial charge in [0.1, 0.15) is 6.07 Å². The smallest absolute Gasteiger partial charge is 0.264 e. The lowest BCUT2D eigenvalue weighted by atomic mass is 10.1. The van der Waals surface area contributed by atoms with Crippen LogP contribution in [0.5, 0.6) is 11.5 Å². The van der Waals surface area contributed by atoms with E-state index >= 15 is 0 Å². The van der Waals surface area contributed by atoms with Gasteiger partial charge in [-0.25, -0.2) is 4.39 Å². The Morgan fingerprint density at radius 2 is 1.71 bits per heavy atom. The molecule has 0 fully saturated rings. The summed E-state index contributed by atoms with van der Waals surface area (Å²) >= 11 is 0. The van der Waals surface area contributed by atoms with Crippen molar-refractivity contribution in [2.45, 2.75) is 27.4 Å². The van der Waals surface area contributed by atoms with Gasteiger partial charge in [0.05, 0.1) is 31.6 Å².